The predicted molar refractivity (Wildman–Crippen MR) is 71.7 cm³/mol. The van der Waals surface area contributed by atoms with E-state index in [2.05, 4.69) is 5.32 Å². The van der Waals surface area contributed by atoms with Crippen LogP contribution in [-0.2, 0) is 6.54 Å². The average molecular weight is 284 g/mol. The fraction of sp³-hybridized carbons (Fsp3) is 0.143. The minimum atomic E-state index is -0.865. The van der Waals surface area contributed by atoms with Gasteiger partial charge in [-0.1, -0.05) is 17.7 Å². The van der Waals surface area contributed by atoms with Crippen LogP contribution in [0, 0.1) is 11.6 Å². The Kier molecular flexibility index (Phi) is 4.22. The molecule has 5 heteroatoms. The molecule has 19 heavy (non-hydrogen) atoms. The number of ether oxygens (including phenoxy) is 1. The van der Waals surface area contributed by atoms with Gasteiger partial charge in [-0.3, -0.25) is 0 Å². The van der Waals surface area contributed by atoms with Crippen molar-refractivity contribution in [3.8, 4) is 5.75 Å². The van der Waals surface area contributed by atoms with Gasteiger partial charge in [0.2, 0.25) is 0 Å². The molecule has 0 atom stereocenters. The minimum Gasteiger partial charge on any atom is -0.497 e. The van der Waals surface area contributed by atoms with Gasteiger partial charge < -0.3 is 10.1 Å². The van der Waals surface area contributed by atoms with E-state index in [1.165, 1.54) is 6.07 Å². The molecule has 0 aromatic heterocycles. The van der Waals surface area contributed by atoms with Crippen molar-refractivity contribution < 1.29 is 13.5 Å². The summed E-state index contributed by atoms with van der Waals surface area (Å²) in [6.45, 7) is 0.337. The Balaban J connectivity index is 2.11. The lowest BCUT2D eigenvalue weighted by molar-refractivity contribution is 0.415. The van der Waals surface area contributed by atoms with Gasteiger partial charge in [0.15, 0.2) is 11.6 Å². The number of methoxy groups -OCH3 is 1. The zero-order valence-corrected chi connectivity index (χ0v) is 11.0. The van der Waals surface area contributed by atoms with Gasteiger partial charge in [-0.25, -0.2) is 8.78 Å². The second-order valence-corrected chi connectivity index (χ2v) is 4.35. The maximum absolute atomic E-state index is 13.1. The van der Waals surface area contributed by atoms with E-state index >= 15 is 0 Å². The van der Waals surface area contributed by atoms with E-state index in [0.29, 0.717) is 28.6 Å². The third kappa shape index (κ3) is 3.35. The summed E-state index contributed by atoms with van der Waals surface area (Å²) in [7, 11) is 1.56. The Hall–Kier alpha value is -1.81. The van der Waals surface area contributed by atoms with Crippen LogP contribution >= 0.6 is 11.6 Å². The lowest BCUT2D eigenvalue weighted by Crippen LogP contribution is -2.01. The zero-order chi connectivity index (χ0) is 13.8. The minimum absolute atomic E-state index is 0.337. The molecule has 2 nitrogen and oxygen atoms in total. The Labute approximate surface area is 115 Å². The quantitative estimate of drug-likeness (QED) is 0.906. The van der Waals surface area contributed by atoms with Gasteiger partial charge in [0, 0.05) is 12.6 Å². The summed E-state index contributed by atoms with van der Waals surface area (Å²) in [4.78, 5) is 0. The Morgan fingerprint density at radius 3 is 2.58 bits per heavy atom. The van der Waals surface area contributed by atoms with Crippen molar-refractivity contribution in [2.24, 2.45) is 0 Å². The van der Waals surface area contributed by atoms with Crippen LogP contribution in [0.25, 0.3) is 0 Å². The molecule has 2 aromatic carbocycles. The Bertz CT molecular complexity index is 590. The summed E-state index contributed by atoms with van der Waals surface area (Å²) in [5.74, 6) is -1.06. The highest BCUT2D eigenvalue weighted by molar-refractivity contribution is 6.33. The van der Waals surface area contributed by atoms with Crippen LogP contribution in [0.15, 0.2) is 36.4 Å². The Morgan fingerprint density at radius 2 is 1.89 bits per heavy atom. The van der Waals surface area contributed by atoms with E-state index in [1.54, 1.807) is 25.3 Å². The first kappa shape index (κ1) is 13.6. The lowest BCUT2D eigenvalue weighted by atomic mass is 10.2. The fourth-order valence-electron chi connectivity index (χ4n) is 1.61. The molecule has 2 aromatic rings. The summed E-state index contributed by atoms with van der Waals surface area (Å²) in [5, 5.41) is 3.58. The van der Waals surface area contributed by atoms with E-state index in [0.717, 1.165) is 12.1 Å². The molecule has 0 aliphatic rings. The van der Waals surface area contributed by atoms with Gasteiger partial charge in [-0.2, -0.15) is 0 Å². The number of hydrogen-bond donors (Lipinski definition) is 1. The Morgan fingerprint density at radius 1 is 1.11 bits per heavy atom. The standard InChI is InChI=1S/C14H12ClF2NO/c1-19-10-3-4-11(15)14(7-10)18-8-9-2-5-12(16)13(17)6-9/h2-7,18H,8H2,1H3. The molecule has 0 saturated carbocycles. The van der Waals surface area contributed by atoms with E-state index in [9.17, 15) is 8.78 Å². The van der Waals surface area contributed by atoms with E-state index in [-0.39, 0.29) is 0 Å². The molecule has 0 aliphatic heterocycles. The van der Waals surface area contributed by atoms with Crippen LogP contribution in [0.5, 0.6) is 5.75 Å². The van der Waals surface area contributed by atoms with Crippen molar-refractivity contribution in [1.29, 1.82) is 0 Å². The topological polar surface area (TPSA) is 21.3 Å². The number of hydrogen-bond acceptors (Lipinski definition) is 2. The molecule has 0 unspecified atom stereocenters. The summed E-state index contributed by atoms with van der Waals surface area (Å²) in [5.41, 5.74) is 1.29. The molecular weight excluding hydrogens is 272 g/mol. The van der Waals surface area contributed by atoms with Crippen LogP contribution in [0.1, 0.15) is 5.56 Å². The van der Waals surface area contributed by atoms with Gasteiger partial charge >= 0.3 is 0 Å². The van der Waals surface area contributed by atoms with Crippen molar-refractivity contribution in [1.82, 2.24) is 0 Å². The molecule has 0 saturated heterocycles. The van der Waals surface area contributed by atoms with Crippen LogP contribution in [0.3, 0.4) is 0 Å². The molecule has 1 N–H and O–H groups in total. The van der Waals surface area contributed by atoms with Crippen molar-refractivity contribution in [3.63, 3.8) is 0 Å². The summed E-state index contributed by atoms with van der Waals surface area (Å²) in [6.07, 6.45) is 0. The fourth-order valence-corrected chi connectivity index (χ4v) is 1.80. The second-order valence-electron chi connectivity index (χ2n) is 3.95. The highest BCUT2D eigenvalue weighted by Gasteiger charge is 2.05. The lowest BCUT2D eigenvalue weighted by Gasteiger charge is -2.10. The molecular formula is C14H12ClF2NO. The third-order valence-corrected chi connectivity index (χ3v) is 2.97. The largest absolute Gasteiger partial charge is 0.497 e. The molecule has 0 fully saturated rings. The van der Waals surface area contributed by atoms with Crippen LogP contribution in [0.4, 0.5) is 14.5 Å². The molecule has 2 rings (SSSR count). The predicted octanol–water partition coefficient (Wildman–Crippen LogP) is 4.24. The van der Waals surface area contributed by atoms with Gasteiger partial charge in [-0.15, -0.1) is 0 Å². The highest BCUT2D eigenvalue weighted by atomic mass is 35.5. The van der Waals surface area contributed by atoms with Gasteiger partial charge in [-0.05, 0) is 29.8 Å². The van der Waals surface area contributed by atoms with E-state index < -0.39 is 11.6 Å². The number of anilines is 1. The number of nitrogens with one attached hydrogen (secondary N) is 1. The van der Waals surface area contributed by atoms with Crippen LogP contribution in [-0.4, -0.2) is 7.11 Å². The highest BCUT2D eigenvalue weighted by Crippen LogP contribution is 2.27. The van der Waals surface area contributed by atoms with Crippen molar-refractivity contribution in [2.75, 3.05) is 12.4 Å². The molecule has 0 amide bonds. The molecule has 0 aliphatic carbocycles. The SMILES string of the molecule is COc1ccc(Cl)c(NCc2ccc(F)c(F)c2)c1. The number of halogens is 3. The smallest absolute Gasteiger partial charge is 0.159 e. The first-order valence-electron chi connectivity index (χ1n) is 5.61. The van der Waals surface area contributed by atoms with Crippen molar-refractivity contribution >= 4 is 17.3 Å². The van der Waals surface area contributed by atoms with Gasteiger partial charge in [0.25, 0.3) is 0 Å². The molecule has 0 radical (unpaired) electrons. The first-order chi connectivity index (χ1) is 9.10. The number of benzene rings is 2. The third-order valence-electron chi connectivity index (χ3n) is 2.64. The second kappa shape index (κ2) is 5.89. The van der Waals surface area contributed by atoms with Crippen molar-refractivity contribution in [2.45, 2.75) is 6.54 Å². The molecule has 0 spiro atoms. The average Bonchev–Trinajstić information content (AvgIpc) is 2.41. The molecule has 0 bridgehead atoms. The summed E-state index contributed by atoms with van der Waals surface area (Å²) < 4.78 is 30.9. The van der Waals surface area contributed by atoms with Gasteiger partial charge in [0.1, 0.15) is 5.75 Å². The van der Waals surface area contributed by atoms with E-state index in [4.69, 9.17) is 16.3 Å². The first-order valence-corrected chi connectivity index (χ1v) is 5.99. The van der Waals surface area contributed by atoms with Crippen molar-refractivity contribution in [3.05, 3.63) is 58.6 Å². The van der Waals surface area contributed by atoms with Crippen LogP contribution in [0.2, 0.25) is 5.02 Å². The zero-order valence-electron chi connectivity index (χ0n) is 10.2. The van der Waals surface area contributed by atoms with Gasteiger partial charge in [0.05, 0.1) is 17.8 Å². The molecule has 0 heterocycles. The maximum Gasteiger partial charge on any atom is 0.159 e. The summed E-state index contributed by atoms with van der Waals surface area (Å²) >= 11 is 6.02. The monoisotopic (exact) mass is 283 g/mol. The normalized spacial score (nSPS) is 10.3. The van der Waals surface area contributed by atoms with Crippen LogP contribution < -0.4 is 10.1 Å². The van der Waals surface area contributed by atoms with E-state index in [1.807, 2.05) is 0 Å². The summed E-state index contributed by atoms with van der Waals surface area (Å²) in [6, 6.07) is 8.94. The maximum atomic E-state index is 13.1. The molecule has 100 valence electrons. The number of rotatable bonds is 4.